The van der Waals surface area contributed by atoms with Crippen LogP contribution in [0.2, 0.25) is 0 Å². The number of hydrogen-bond donors (Lipinski definition) is 2. The molecule has 48 valence electrons. The lowest BCUT2D eigenvalue weighted by Crippen LogP contribution is -2.01. The minimum atomic E-state index is -0.910. The second-order valence-electron chi connectivity index (χ2n) is 1.50. The van der Waals surface area contributed by atoms with Crippen molar-refractivity contribution in [2.24, 2.45) is 0 Å². The van der Waals surface area contributed by atoms with Gasteiger partial charge < -0.3 is 5.11 Å². The molecule has 0 aliphatic carbocycles. The van der Waals surface area contributed by atoms with Crippen molar-refractivity contribution in [1.29, 1.82) is 0 Å². The van der Waals surface area contributed by atoms with E-state index < -0.39 is 5.97 Å². The standard InChI is InChI=1S/C4H5N3O2/c8-4(9)1-3-5-2-6-7-3/h2H,1H2,(H,8,9)(H,5,6,7). The Hall–Kier alpha value is -1.39. The maximum atomic E-state index is 9.98. The van der Waals surface area contributed by atoms with Crippen molar-refractivity contribution in [1.82, 2.24) is 15.2 Å². The summed E-state index contributed by atoms with van der Waals surface area (Å²) in [7, 11) is 0. The van der Waals surface area contributed by atoms with Crippen LogP contribution in [-0.4, -0.2) is 26.3 Å². The van der Waals surface area contributed by atoms with E-state index in [-0.39, 0.29) is 6.42 Å². The highest BCUT2D eigenvalue weighted by Gasteiger charge is 2.00. The predicted octanol–water partition coefficient (Wildman–Crippen LogP) is -0.568. The lowest BCUT2D eigenvalue weighted by atomic mass is 10.4. The number of rotatable bonds is 2. The van der Waals surface area contributed by atoms with Crippen molar-refractivity contribution < 1.29 is 9.90 Å². The number of aromatic nitrogens is 3. The van der Waals surface area contributed by atoms with Gasteiger partial charge in [0.15, 0.2) is 0 Å². The molecule has 0 aliphatic heterocycles. The summed E-state index contributed by atoms with van der Waals surface area (Å²) in [5.41, 5.74) is 0. The molecule has 5 nitrogen and oxygen atoms in total. The summed E-state index contributed by atoms with van der Waals surface area (Å²) in [6, 6.07) is 0. The van der Waals surface area contributed by atoms with Crippen molar-refractivity contribution in [3.05, 3.63) is 12.2 Å². The van der Waals surface area contributed by atoms with Gasteiger partial charge in [-0.15, -0.1) is 0 Å². The molecular weight excluding hydrogens is 122 g/mol. The Morgan fingerprint density at radius 1 is 1.89 bits per heavy atom. The summed E-state index contributed by atoms with van der Waals surface area (Å²) in [6.45, 7) is 0. The molecule has 0 radical (unpaired) electrons. The number of nitrogens with one attached hydrogen (secondary N) is 1. The van der Waals surface area contributed by atoms with Crippen LogP contribution in [0.4, 0.5) is 0 Å². The molecule has 0 fully saturated rings. The number of H-pyrrole nitrogens is 1. The van der Waals surface area contributed by atoms with Crippen LogP contribution in [0.5, 0.6) is 0 Å². The van der Waals surface area contributed by atoms with Gasteiger partial charge in [-0.1, -0.05) is 0 Å². The number of aliphatic carboxylic acids is 1. The van der Waals surface area contributed by atoms with Crippen molar-refractivity contribution in [2.45, 2.75) is 6.42 Å². The van der Waals surface area contributed by atoms with E-state index in [0.29, 0.717) is 5.82 Å². The number of aromatic amines is 1. The molecule has 0 saturated carbocycles. The summed E-state index contributed by atoms with van der Waals surface area (Å²) >= 11 is 0. The fraction of sp³-hybridized carbons (Fsp3) is 0.250. The average Bonchev–Trinajstić information content (AvgIpc) is 2.15. The highest BCUT2D eigenvalue weighted by molar-refractivity contribution is 5.68. The van der Waals surface area contributed by atoms with Gasteiger partial charge in [0.1, 0.15) is 18.6 Å². The molecular formula is C4H5N3O2. The first kappa shape index (κ1) is 5.74. The molecule has 0 spiro atoms. The summed E-state index contributed by atoms with van der Waals surface area (Å²) in [5.74, 6) is -0.533. The van der Waals surface area contributed by atoms with Crippen LogP contribution >= 0.6 is 0 Å². The smallest absolute Gasteiger partial charge is 0.311 e. The Balaban J connectivity index is 2.58. The highest BCUT2D eigenvalue weighted by atomic mass is 16.4. The molecule has 0 aromatic carbocycles. The van der Waals surface area contributed by atoms with Crippen LogP contribution in [0.3, 0.4) is 0 Å². The van der Waals surface area contributed by atoms with Crippen LogP contribution in [0.25, 0.3) is 0 Å². The molecule has 0 atom stereocenters. The summed E-state index contributed by atoms with van der Waals surface area (Å²) < 4.78 is 0. The SMILES string of the molecule is O=C(O)Cc1ncn[nH]1. The quantitative estimate of drug-likeness (QED) is 0.557. The number of carboxylic acid groups (broad SMARTS) is 1. The van der Waals surface area contributed by atoms with Crippen LogP contribution in [0, 0.1) is 0 Å². The molecule has 0 unspecified atom stereocenters. The minimum absolute atomic E-state index is 0.0972. The monoisotopic (exact) mass is 127 g/mol. The van der Waals surface area contributed by atoms with E-state index in [4.69, 9.17) is 5.11 Å². The Kier molecular flexibility index (Phi) is 1.44. The normalized spacial score (nSPS) is 9.33. The van der Waals surface area contributed by atoms with Gasteiger partial charge in [0, 0.05) is 0 Å². The van der Waals surface area contributed by atoms with Crippen molar-refractivity contribution in [3.63, 3.8) is 0 Å². The maximum absolute atomic E-state index is 9.98. The van der Waals surface area contributed by atoms with Crippen LogP contribution in [0.1, 0.15) is 5.82 Å². The molecule has 0 bridgehead atoms. The van der Waals surface area contributed by atoms with E-state index in [9.17, 15) is 4.79 Å². The fourth-order valence-corrected chi connectivity index (χ4v) is 0.459. The van der Waals surface area contributed by atoms with E-state index in [0.717, 1.165) is 0 Å². The number of hydrogen-bond acceptors (Lipinski definition) is 3. The van der Waals surface area contributed by atoms with Gasteiger partial charge in [0.25, 0.3) is 0 Å². The Bertz CT molecular complexity index is 194. The van der Waals surface area contributed by atoms with Crippen LogP contribution in [-0.2, 0) is 11.2 Å². The molecule has 0 amide bonds. The molecule has 1 aromatic heterocycles. The molecule has 9 heavy (non-hydrogen) atoms. The molecule has 1 rings (SSSR count). The Morgan fingerprint density at radius 3 is 3.11 bits per heavy atom. The lowest BCUT2D eigenvalue weighted by molar-refractivity contribution is -0.136. The topological polar surface area (TPSA) is 78.9 Å². The third-order valence-corrected chi connectivity index (χ3v) is 0.784. The van der Waals surface area contributed by atoms with E-state index >= 15 is 0 Å². The molecule has 1 aromatic rings. The Labute approximate surface area is 50.7 Å². The number of carbonyl (C=O) groups is 1. The zero-order valence-electron chi connectivity index (χ0n) is 4.53. The van der Waals surface area contributed by atoms with Crippen LogP contribution < -0.4 is 0 Å². The second kappa shape index (κ2) is 2.25. The predicted molar refractivity (Wildman–Crippen MR) is 27.7 cm³/mol. The zero-order valence-corrected chi connectivity index (χ0v) is 4.53. The van der Waals surface area contributed by atoms with Crippen molar-refractivity contribution >= 4 is 5.97 Å². The van der Waals surface area contributed by atoms with E-state index in [1.807, 2.05) is 0 Å². The van der Waals surface area contributed by atoms with E-state index in [1.165, 1.54) is 6.33 Å². The lowest BCUT2D eigenvalue weighted by Gasteiger charge is -1.84. The molecule has 0 saturated heterocycles. The van der Waals surface area contributed by atoms with Crippen molar-refractivity contribution in [3.8, 4) is 0 Å². The third kappa shape index (κ3) is 1.52. The average molecular weight is 127 g/mol. The van der Waals surface area contributed by atoms with E-state index in [2.05, 4.69) is 15.2 Å². The second-order valence-corrected chi connectivity index (χ2v) is 1.50. The number of nitrogens with zero attached hydrogens (tertiary/aromatic N) is 2. The van der Waals surface area contributed by atoms with E-state index in [1.54, 1.807) is 0 Å². The summed E-state index contributed by atoms with van der Waals surface area (Å²) in [6.07, 6.45) is 1.18. The summed E-state index contributed by atoms with van der Waals surface area (Å²) in [5, 5.41) is 14.1. The zero-order chi connectivity index (χ0) is 6.69. The van der Waals surface area contributed by atoms with Gasteiger partial charge in [-0.25, -0.2) is 4.98 Å². The largest absolute Gasteiger partial charge is 0.481 e. The highest BCUT2D eigenvalue weighted by Crippen LogP contribution is 1.85. The molecule has 1 heterocycles. The fourth-order valence-electron chi connectivity index (χ4n) is 0.459. The molecule has 2 N–H and O–H groups in total. The number of carboxylic acids is 1. The van der Waals surface area contributed by atoms with Gasteiger partial charge in [0.2, 0.25) is 0 Å². The van der Waals surface area contributed by atoms with Gasteiger partial charge in [-0.2, -0.15) is 5.10 Å². The first-order chi connectivity index (χ1) is 4.29. The minimum Gasteiger partial charge on any atom is -0.481 e. The maximum Gasteiger partial charge on any atom is 0.311 e. The van der Waals surface area contributed by atoms with Crippen LogP contribution in [0.15, 0.2) is 6.33 Å². The van der Waals surface area contributed by atoms with Gasteiger partial charge in [-0.05, 0) is 0 Å². The van der Waals surface area contributed by atoms with Gasteiger partial charge >= 0.3 is 5.97 Å². The van der Waals surface area contributed by atoms with Crippen molar-refractivity contribution in [2.75, 3.05) is 0 Å². The first-order valence-electron chi connectivity index (χ1n) is 2.35. The molecule has 0 aliphatic rings. The third-order valence-electron chi connectivity index (χ3n) is 0.784. The summed E-state index contributed by atoms with van der Waals surface area (Å²) in [4.78, 5) is 13.6. The van der Waals surface area contributed by atoms with Gasteiger partial charge in [0.05, 0.1) is 0 Å². The van der Waals surface area contributed by atoms with Gasteiger partial charge in [-0.3, -0.25) is 9.89 Å². The Morgan fingerprint density at radius 2 is 2.67 bits per heavy atom. The molecule has 5 heteroatoms. The first-order valence-corrected chi connectivity index (χ1v) is 2.35.